The molecule has 42 heavy (non-hydrogen) atoms. The maximum absolute atomic E-state index is 13.7. The molecule has 4 rings (SSSR count). The van der Waals surface area contributed by atoms with Crippen molar-refractivity contribution in [3.63, 3.8) is 0 Å². The first-order valence-electron chi connectivity index (χ1n) is 13.4. The summed E-state index contributed by atoms with van der Waals surface area (Å²) in [5.74, 6) is -3.08. The Bertz CT molecular complexity index is 1540. The molecule has 1 aromatic heterocycles. The molecule has 3 atom stereocenters. The molecule has 0 fully saturated rings. The van der Waals surface area contributed by atoms with Crippen LogP contribution < -0.4 is 21.7 Å². The average Bonchev–Trinajstić information content (AvgIpc) is 3.39. The van der Waals surface area contributed by atoms with Crippen LogP contribution in [0.5, 0.6) is 5.75 Å². The molecule has 3 aromatic carbocycles. The summed E-state index contributed by atoms with van der Waals surface area (Å²) in [6, 6.07) is 19.6. The molecule has 0 spiro atoms. The van der Waals surface area contributed by atoms with Crippen molar-refractivity contribution >= 4 is 34.6 Å². The molecule has 0 bridgehead atoms. The van der Waals surface area contributed by atoms with Crippen LogP contribution in [0.3, 0.4) is 0 Å². The van der Waals surface area contributed by atoms with E-state index in [0.29, 0.717) is 5.56 Å². The third kappa shape index (κ3) is 8.18. The van der Waals surface area contributed by atoms with Crippen LogP contribution in [0.25, 0.3) is 10.9 Å². The number of fused-ring (bicyclic) bond motifs is 1. The first-order valence-corrected chi connectivity index (χ1v) is 13.4. The average molecular weight is 572 g/mol. The normalized spacial score (nSPS) is 13.1. The number of rotatable bonds is 13. The van der Waals surface area contributed by atoms with Gasteiger partial charge in [0.1, 0.15) is 24.4 Å². The highest BCUT2D eigenvalue weighted by Crippen LogP contribution is 2.19. The highest BCUT2D eigenvalue weighted by atomic mass is 16.4. The van der Waals surface area contributed by atoms with Gasteiger partial charge in [0, 0.05) is 29.9 Å². The number of carbonyl (C=O) groups excluding carboxylic acids is 3. The highest BCUT2D eigenvalue weighted by Gasteiger charge is 2.29. The van der Waals surface area contributed by atoms with Gasteiger partial charge in [-0.25, -0.2) is 0 Å². The zero-order valence-corrected chi connectivity index (χ0v) is 22.7. The smallest absolute Gasteiger partial charge is 0.322 e. The standard InChI is InChI=1S/C31H33N5O6/c32-24(14-19-6-2-1-3-7-19)29(40)35-26(15-20-10-12-22(37)13-11-20)31(42)36-27(30(41)34-18-28(38)39)16-21-17-33-25-9-5-4-8-23(21)25/h1-13,17,24,26-27,33,37H,14-16,18,32H2,(H,34,41)(H,35,40)(H,36,42)(H,38,39). The van der Waals surface area contributed by atoms with Crippen molar-refractivity contribution in [2.45, 2.75) is 37.4 Å². The number of amides is 3. The number of nitrogens with one attached hydrogen (secondary N) is 4. The number of hydrogen-bond acceptors (Lipinski definition) is 6. The van der Waals surface area contributed by atoms with E-state index in [1.807, 2.05) is 54.6 Å². The van der Waals surface area contributed by atoms with Crippen molar-refractivity contribution < 1.29 is 29.4 Å². The summed E-state index contributed by atoms with van der Waals surface area (Å²) >= 11 is 0. The fraction of sp³-hybridized carbons (Fsp3) is 0.226. The van der Waals surface area contributed by atoms with Gasteiger partial charge in [0.25, 0.3) is 0 Å². The molecule has 0 aliphatic heterocycles. The van der Waals surface area contributed by atoms with E-state index in [9.17, 15) is 24.3 Å². The molecule has 218 valence electrons. The monoisotopic (exact) mass is 571 g/mol. The van der Waals surface area contributed by atoms with Crippen molar-refractivity contribution in [2.75, 3.05) is 6.54 Å². The van der Waals surface area contributed by atoms with Crippen LogP contribution in [0.2, 0.25) is 0 Å². The maximum Gasteiger partial charge on any atom is 0.322 e. The van der Waals surface area contributed by atoms with Gasteiger partial charge in [-0.3, -0.25) is 19.2 Å². The van der Waals surface area contributed by atoms with Gasteiger partial charge < -0.3 is 36.9 Å². The Morgan fingerprint density at radius 1 is 0.738 bits per heavy atom. The van der Waals surface area contributed by atoms with Crippen molar-refractivity contribution in [2.24, 2.45) is 5.73 Å². The lowest BCUT2D eigenvalue weighted by atomic mass is 10.0. The SMILES string of the molecule is NC(Cc1ccccc1)C(=O)NC(Cc1ccc(O)cc1)C(=O)NC(Cc1c[nH]c2ccccc12)C(=O)NCC(=O)O. The molecular weight excluding hydrogens is 538 g/mol. The number of aromatic amines is 1. The molecule has 1 heterocycles. The van der Waals surface area contributed by atoms with E-state index in [-0.39, 0.29) is 25.0 Å². The van der Waals surface area contributed by atoms with E-state index in [1.165, 1.54) is 12.1 Å². The van der Waals surface area contributed by atoms with Crippen molar-refractivity contribution in [3.05, 3.63) is 102 Å². The summed E-state index contributed by atoms with van der Waals surface area (Å²) in [6.07, 6.45) is 2.09. The molecule has 3 amide bonds. The summed E-state index contributed by atoms with van der Waals surface area (Å²) in [7, 11) is 0. The number of para-hydroxylation sites is 1. The molecule has 11 nitrogen and oxygen atoms in total. The molecular formula is C31H33N5O6. The maximum atomic E-state index is 13.7. The van der Waals surface area contributed by atoms with E-state index < -0.39 is 48.4 Å². The van der Waals surface area contributed by atoms with Crippen LogP contribution >= 0.6 is 0 Å². The van der Waals surface area contributed by atoms with Gasteiger partial charge in [0.05, 0.1) is 6.04 Å². The van der Waals surface area contributed by atoms with E-state index in [0.717, 1.165) is 22.0 Å². The Labute approximate surface area is 242 Å². The minimum atomic E-state index is -1.23. The van der Waals surface area contributed by atoms with Gasteiger partial charge in [-0.05, 0) is 41.3 Å². The predicted molar refractivity (Wildman–Crippen MR) is 156 cm³/mol. The van der Waals surface area contributed by atoms with Gasteiger partial charge in [-0.1, -0.05) is 60.7 Å². The number of H-pyrrole nitrogens is 1. The third-order valence-corrected chi connectivity index (χ3v) is 6.79. The van der Waals surface area contributed by atoms with E-state index >= 15 is 0 Å². The number of phenolic OH excluding ortho intramolecular Hbond substituents is 1. The fourth-order valence-electron chi connectivity index (χ4n) is 4.60. The van der Waals surface area contributed by atoms with Crippen LogP contribution in [0, 0.1) is 0 Å². The first-order chi connectivity index (χ1) is 20.2. The lowest BCUT2D eigenvalue weighted by Gasteiger charge is -2.24. The molecule has 0 radical (unpaired) electrons. The molecule has 0 saturated heterocycles. The Kier molecular flexibility index (Phi) is 9.90. The van der Waals surface area contributed by atoms with E-state index in [2.05, 4.69) is 20.9 Å². The molecule has 4 aromatic rings. The van der Waals surface area contributed by atoms with Crippen LogP contribution in [0.1, 0.15) is 16.7 Å². The Balaban J connectivity index is 1.55. The topological polar surface area (TPSA) is 187 Å². The summed E-state index contributed by atoms with van der Waals surface area (Å²) in [5.41, 5.74) is 9.26. The number of aromatic nitrogens is 1. The van der Waals surface area contributed by atoms with Gasteiger partial charge in [-0.2, -0.15) is 0 Å². The summed E-state index contributed by atoms with van der Waals surface area (Å²) < 4.78 is 0. The van der Waals surface area contributed by atoms with Crippen molar-refractivity contribution in [1.82, 2.24) is 20.9 Å². The van der Waals surface area contributed by atoms with Gasteiger partial charge in [0.2, 0.25) is 17.7 Å². The minimum Gasteiger partial charge on any atom is -0.508 e. The Morgan fingerprint density at radius 3 is 2.07 bits per heavy atom. The van der Waals surface area contributed by atoms with Crippen LogP contribution in [0.4, 0.5) is 0 Å². The zero-order valence-electron chi connectivity index (χ0n) is 22.7. The first kappa shape index (κ1) is 29.8. The number of nitrogens with two attached hydrogens (primary N) is 1. The summed E-state index contributed by atoms with van der Waals surface area (Å²) in [5, 5.41) is 27.3. The quantitative estimate of drug-likeness (QED) is 0.126. The van der Waals surface area contributed by atoms with Gasteiger partial charge >= 0.3 is 5.97 Å². The summed E-state index contributed by atoms with van der Waals surface area (Å²) in [6.45, 7) is -0.624. The number of aliphatic carboxylic acids is 1. The van der Waals surface area contributed by atoms with Crippen LogP contribution in [-0.4, -0.2) is 63.6 Å². The molecule has 11 heteroatoms. The largest absolute Gasteiger partial charge is 0.508 e. The van der Waals surface area contributed by atoms with Crippen molar-refractivity contribution in [3.8, 4) is 5.75 Å². The van der Waals surface area contributed by atoms with Gasteiger partial charge in [0.15, 0.2) is 0 Å². The van der Waals surface area contributed by atoms with Crippen LogP contribution in [0.15, 0.2) is 85.1 Å². The number of hydrogen-bond donors (Lipinski definition) is 7. The molecule has 3 unspecified atom stereocenters. The number of benzene rings is 3. The summed E-state index contributed by atoms with van der Waals surface area (Å²) in [4.78, 5) is 54.1. The lowest BCUT2D eigenvalue weighted by Crippen LogP contribution is -2.57. The third-order valence-electron chi connectivity index (χ3n) is 6.79. The van der Waals surface area contributed by atoms with Crippen molar-refractivity contribution in [1.29, 1.82) is 0 Å². The number of aromatic hydroxyl groups is 1. The van der Waals surface area contributed by atoms with Gasteiger partial charge in [-0.15, -0.1) is 0 Å². The molecule has 0 saturated carbocycles. The number of phenols is 1. The number of carboxylic acid groups (broad SMARTS) is 1. The number of carboxylic acids is 1. The zero-order chi connectivity index (χ0) is 30.1. The van der Waals surface area contributed by atoms with E-state index in [1.54, 1.807) is 18.3 Å². The predicted octanol–water partition coefficient (Wildman–Crippen LogP) is 1.40. The number of carbonyl (C=O) groups is 4. The Hall–Kier alpha value is -5.16. The Morgan fingerprint density at radius 2 is 1.36 bits per heavy atom. The second-order valence-electron chi connectivity index (χ2n) is 9.96. The van der Waals surface area contributed by atoms with Crippen LogP contribution in [-0.2, 0) is 38.4 Å². The lowest BCUT2D eigenvalue weighted by molar-refractivity contribution is -0.138. The second kappa shape index (κ2) is 14.0. The molecule has 0 aliphatic rings. The second-order valence-corrected chi connectivity index (χ2v) is 9.96. The molecule has 8 N–H and O–H groups in total. The minimum absolute atomic E-state index is 0.0440. The van der Waals surface area contributed by atoms with E-state index in [4.69, 9.17) is 10.8 Å². The molecule has 0 aliphatic carbocycles. The fourth-order valence-corrected chi connectivity index (χ4v) is 4.60. The highest BCUT2D eigenvalue weighted by molar-refractivity contribution is 5.94.